The Bertz CT molecular complexity index is 185. The van der Waals surface area contributed by atoms with E-state index in [1.165, 1.54) is 6.41 Å². The second-order valence-corrected chi connectivity index (χ2v) is 2.37. The van der Waals surface area contributed by atoms with Crippen molar-refractivity contribution >= 4 is 18.3 Å². The van der Waals surface area contributed by atoms with E-state index in [1.807, 2.05) is 0 Å². The van der Waals surface area contributed by atoms with Crippen LogP contribution in [0.1, 0.15) is 12.8 Å². The van der Waals surface area contributed by atoms with Crippen LogP contribution < -0.4 is 0 Å². The molecule has 0 aromatic rings. The first-order valence-corrected chi connectivity index (χ1v) is 3.62. The van der Waals surface area contributed by atoms with Crippen LogP contribution in [0.15, 0.2) is 0 Å². The summed E-state index contributed by atoms with van der Waals surface area (Å²) in [6.07, 6.45) is 1.07. The molecule has 0 aliphatic carbocycles. The zero-order valence-electron chi connectivity index (χ0n) is 6.89. The van der Waals surface area contributed by atoms with Crippen molar-refractivity contribution in [1.29, 1.82) is 0 Å². The summed E-state index contributed by atoms with van der Waals surface area (Å²) >= 11 is 0. The summed E-state index contributed by atoms with van der Waals surface area (Å²) in [6, 6.07) is 0. The molecule has 73 valence electrons. The summed E-state index contributed by atoms with van der Waals surface area (Å²) in [7, 11) is 0. The second-order valence-electron chi connectivity index (χ2n) is 2.37. The first-order chi connectivity index (χ1) is 6.06. The van der Waals surface area contributed by atoms with Crippen molar-refractivity contribution in [3.63, 3.8) is 0 Å². The summed E-state index contributed by atoms with van der Waals surface area (Å²) in [5.41, 5.74) is 0. The van der Waals surface area contributed by atoms with Crippen LogP contribution >= 0.6 is 0 Å². The average molecular weight is 188 g/mol. The average Bonchev–Trinajstić information content (AvgIpc) is 2.04. The number of nitrogens with zero attached hydrogens (tertiary/aromatic N) is 1. The van der Waals surface area contributed by atoms with Gasteiger partial charge in [0.25, 0.3) is 0 Å². The lowest BCUT2D eigenvalue weighted by atomic mass is 10.3. The van der Waals surface area contributed by atoms with Gasteiger partial charge in [-0.15, -0.1) is 0 Å². The van der Waals surface area contributed by atoms with E-state index in [4.69, 9.17) is 10.2 Å². The molecule has 6 nitrogen and oxygen atoms in total. The summed E-state index contributed by atoms with van der Waals surface area (Å²) in [4.78, 5) is 31.3. The molecule has 0 spiro atoms. The topological polar surface area (TPSA) is 94.9 Å². The highest BCUT2D eigenvalue weighted by atomic mass is 16.4. The van der Waals surface area contributed by atoms with E-state index >= 15 is 0 Å². The lowest BCUT2D eigenvalue weighted by molar-refractivity contribution is -0.137. The highest BCUT2D eigenvalue weighted by Gasteiger charge is 2.07. The van der Waals surface area contributed by atoms with Crippen LogP contribution in [0.2, 0.25) is 0 Å². The van der Waals surface area contributed by atoms with Gasteiger partial charge in [0, 0.05) is 13.1 Å². The summed E-state index contributed by atoms with van der Waals surface area (Å²) in [5.74, 6) is -2.06. The lowest BCUT2D eigenvalue weighted by Crippen LogP contribution is -2.27. The Morgan fingerprint density at radius 3 is 1.69 bits per heavy atom. The molecular weight excluding hydrogens is 178 g/mol. The van der Waals surface area contributed by atoms with Crippen molar-refractivity contribution in [2.75, 3.05) is 13.1 Å². The zero-order valence-corrected chi connectivity index (χ0v) is 6.89. The molecule has 0 fully saturated rings. The number of carboxylic acids is 2. The maximum Gasteiger partial charge on any atom is 0.312 e. The summed E-state index contributed by atoms with van der Waals surface area (Å²) in [6.45, 7) is -0.0156. The van der Waals surface area contributed by atoms with Crippen LogP contribution in [0.5, 0.6) is 0 Å². The molecule has 0 rings (SSSR count). The van der Waals surface area contributed by atoms with Crippen LogP contribution in [0.25, 0.3) is 0 Å². The number of hydrogen-bond donors (Lipinski definition) is 2. The molecule has 0 aliphatic heterocycles. The maximum absolute atomic E-state index is 10.1. The minimum atomic E-state index is -1.03. The van der Waals surface area contributed by atoms with E-state index in [0.29, 0.717) is 0 Å². The summed E-state index contributed by atoms with van der Waals surface area (Å²) in [5, 5.41) is 16.5. The van der Waals surface area contributed by atoms with E-state index < -0.39 is 11.9 Å². The fourth-order valence-electron chi connectivity index (χ4n) is 0.664. The van der Waals surface area contributed by atoms with Gasteiger partial charge in [-0.25, -0.2) is 0 Å². The number of aliphatic carboxylic acids is 2. The van der Waals surface area contributed by atoms with E-state index in [2.05, 4.69) is 0 Å². The van der Waals surface area contributed by atoms with E-state index in [0.717, 1.165) is 4.90 Å². The molecule has 0 bridgehead atoms. The van der Waals surface area contributed by atoms with E-state index in [1.54, 1.807) is 0 Å². The standard InChI is InChI=1S/C7H10NO5/c9-5-8(3-1-6(10)11)4-2-7(12)13/h1-4H2,(H,10,11)(H,12,13). The fourth-order valence-corrected chi connectivity index (χ4v) is 0.664. The molecule has 0 saturated carbocycles. The lowest BCUT2D eigenvalue weighted by Gasteiger charge is -2.12. The highest BCUT2D eigenvalue weighted by molar-refractivity contribution is 5.68. The molecule has 1 amide bonds. The smallest absolute Gasteiger partial charge is 0.312 e. The molecule has 13 heavy (non-hydrogen) atoms. The minimum Gasteiger partial charge on any atom is -0.481 e. The Morgan fingerprint density at radius 2 is 1.46 bits per heavy atom. The van der Waals surface area contributed by atoms with Gasteiger partial charge in [-0.3, -0.25) is 14.4 Å². The molecule has 2 N–H and O–H groups in total. The van der Waals surface area contributed by atoms with Gasteiger partial charge in [-0.1, -0.05) is 0 Å². The van der Waals surface area contributed by atoms with Gasteiger partial charge in [-0.05, 0) is 0 Å². The van der Waals surface area contributed by atoms with Crippen LogP contribution in [0.3, 0.4) is 0 Å². The molecule has 0 aromatic heterocycles. The quantitative estimate of drug-likeness (QED) is 0.515. The molecule has 6 heteroatoms. The zero-order chi connectivity index (χ0) is 10.3. The van der Waals surface area contributed by atoms with Gasteiger partial charge >= 0.3 is 18.3 Å². The second kappa shape index (κ2) is 5.99. The molecule has 0 unspecified atom stereocenters. The number of carboxylic acid groups (broad SMARTS) is 2. The van der Waals surface area contributed by atoms with Crippen molar-refractivity contribution in [2.45, 2.75) is 12.8 Å². The number of carbonyl (C=O) groups is 2. The highest BCUT2D eigenvalue weighted by Crippen LogP contribution is 1.91. The van der Waals surface area contributed by atoms with Crippen molar-refractivity contribution in [2.24, 2.45) is 0 Å². The van der Waals surface area contributed by atoms with Crippen LogP contribution in [0.4, 0.5) is 0 Å². The molecule has 0 aliphatic rings. The predicted molar refractivity (Wildman–Crippen MR) is 41.8 cm³/mol. The van der Waals surface area contributed by atoms with Crippen LogP contribution in [-0.4, -0.2) is 46.6 Å². The van der Waals surface area contributed by atoms with Crippen molar-refractivity contribution < 1.29 is 24.6 Å². The van der Waals surface area contributed by atoms with Crippen LogP contribution in [0, 0.1) is 0 Å². The number of hydrogen-bond acceptors (Lipinski definition) is 3. The molecule has 0 aromatic carbocycles. The van der Waals surface area contributed by atoms with Crippen LogP contribution in [-0.2, 0) is 14.4 Å². The minimum absolute atomic E-state index is 0.00782. The van der Waals surface area contributed by atoms with Crippen molar-refractivity contribution in [3.8, 4) is 0 Å². The Balaban J connectivity index is 3.69. The number of amides is 1. The van der Waals surface area contributed by atoms with Crippen molar-refractivity contribution in [1.82, 2.24) is 4.90 Å². The van der Waals surface area contributed by atoms with E-state index in [9.17, 15) is 14.4 Å². The Kier molecular flexibility index (Phi) is 5.25. The van der Waals surface area contributed by atoms with Gasteiger partial charge < -0.3 is 15.1 Å². The van der Waals surface area contributed by atoms with Gasteiger partial charge in [0.2, 0.25) is 0 Å². The van der Waals surface area contributed by atoms with Gasteiger partial charge in [-0.2, -0.15) is 0 Å². The third kappa shape index (κ3) is 6.79. The van der Waals surface area contributed by atoms with E-state index in [-0.39, 0.29) is 25.9 Å². The third-order valence-electron chi connectivity index (χ3n) is 1.32. The summed E-state index contributed by atoms with van der Waals surface area (Å²) < 4.78 is 0. The van der Waals surface area contributed by atoms with Gasteiger partial charge in [0.1, 0.15) is 0 Å². The fraction of sp³-hybridized carbons (Fsp3) is 0.571. The predicted octanol–water partition coefficient (Wildman–Crippen LogP) is -0.695. The Labute approximate surface area is 74.8 Å². The Hall–Kier alpha value is -1.59. The first kappa shape index (κ1) is 11.4. The molecule has 0 atom stereocenters. The number of rotatable bonds is 7. The monoisotopic (exact) mass is 188 g/mol. The first-order valence-electron chi connectivity index (χ1n) is 3.62. The van der Waals surface area contributed by atoms with Gasteiger partial charge in [0.05, 0.1) is 12.8 Å². The van der Waals surface area contributed by atoms with Crippen molar-refractivity contribution in [3.05, 3.63) is 0 Å². The largest absolute Gasteiger partial charge is 0.481 e. The molecule has 0 heterocycles. The molecular formula is C7H10NO5. The Morgan fingerprint density at radius 1 is 1.08 bits per heavy atom. The SMILES string of the molecule is O=[C]N(CCC(=O)O)CCC(=O)O. The van der Waals surface area contributed by atoms with Gasteiger partial charge in [0.15, 0.2) is 0 Å². The third-order valence-corrected chi connectivity index (χ3v) is 1.32. The molecule has 1 radical (unpaired) electrons. The number of carbonyl (C=O) groups excluding carboxylic acids is 1. The normalized spacial score (nSPS) is 9.23. The maximum atomic E-state index is 10.1. The molecule has 0 saturated heterocycles.